The zero-order valence-corrected chi connectivity index (χ0v) is 15.9. The lowest BCUT2D eigenvalue weighted by Crippen LogP contribution is -2.13. The van der Waals surface area contributed by atoms with Crippen LogP contribution in [0.2, 0.25) is 0 Å². The van der Waals surface area contributed by atoms with Gasteiger partial charge in [-0.05, 0) is 41.5 Å². The Morgan fingerprint density at radius 2 is 2.04 bits per heavy atom. The number of hydrogen-bond acceptors (Lipinski definition) is 7. The van der Waals surface area contributed by atoms with Crippen molar-refractivity contribution in [2.75, 3.05) is 12.5 Å². The largest absolute Gasteiger partial charge is 0.493 e. The second-order valence-corrected chi connectivity index (χ2v) is 6.28. The molecule has 138 valence electrons. The van der Waals surface area contributed by atoms with E-state index in [1.165, 1.54) is 6.20 Å². The maximum absolute atomic E-state index is 11.1. The summed E-state index contributed by atoms with van der Waals surface area (Å²) >= 11 is 3.41. The van der Waals surface area contributed by atoms with Gasteiger partial charge in [-0.15, -0.1) is 0 Å². The average molecular weight is 430 g/mol. The molecule has 0 unspecified atom stereocenters. The number of H-pyrrole nitrogens is 1. The van der Waals surface area contributed by atoms with E-state index in [0.717, 1.165) is 15.6 Å². The van der Waals surface area contributed by atoms with Crippen LogP contribution in [-0.4, -0.2) is 28.5 Å². The molecule has 1 heterocycles. The Morgan fingerprint density at radius 3 is 2.78 bits per heavy atom. The van der Waals surface area contributed by atoms with Gasteiger partial charge in [-0.1, -0.05) is 28.1 Å². The molecule has 2 N–H and O–H groups in total. The van der Waals surface area contributed by atoms with E-state index in [1.807, 2.05) is 36.4 Å². The van der Waals surface area contributed by atoms with Crippen LogP contribution in [0.15, 0.2) is 63.0 Å². The Balaban J connectivity index is 1.65. The summed E-state index contributed by atoms with van der Waals surface area (Å²) in [5, 5.41) is 9.84. The van der Waals surface area contributed by atoms with E-state index in [1.54, 1.807) is 19.4 Å². The number of nitrogens with zero attached hydrogens (tertiary/aromatic N) is 3. The van der Waals surface area contributed by atoms with E-state index in [9.17, 15) is 4.79 Å². The van der Waals surface area contributed by atoms with Crippen LogP contribution in [0.1, 0.15) is 11.1 Å². The summed E-state index contributed by atoms with van der Waals surface area (Å²) in [6, 6.07) is 13.4. The number of aromatic amines is 1. The first kappa shape index (κ1) is 18.6. The molecule has 0 amide bonds. The quantitative estimate of drug-likeness (QED) is 0.442. The third-order valence-electron chi connectivity index (χ3n) is 3.46. The molecular weight excluding hydrogens is 414 g/mol. The summed E-state index contributed by atoms with van der Waals surface area (Å²) in [5.74, 6) is 1.47. The first-order valence-corrected chi connectivity index (χ1v) is 8.69. The van der Waals surface area contributed by atoms with Gasteiger partial charge in [-0.2, -0.15) is 15.2 Å². The molecule has 3 rings (SSSR count). The van der Waals surface area contributed by atoms with Crippen molar-refractivity contribution in [1.29, 1.82) is 0 Å². The van der Waals surface area contributed by atoms with Crippen LogP contribution in [0.25, 0.3) is 0 Å². The number of ether oxygens (including phenoxy) is 2. The summed E-state index contributed by atoms with van der Waals surface area (Å²) < 4.78 is 12.3. The molecule has 0 aliphatic carbocycles. The third kappa shape index (κ3) is 5.38. The maximum Gasteiger partial charge on any atom is 0.363 e. The Labute approximate surface area is 163 Å². The van der Waals surface area contributed by atoms with Gasteiger partial charge in [0.1, 0.15) is 6.61 Å². The monoisotopic (exact) mass is 429 g/mol. The number of rotatable bonds is 7. The van der Waals surface area contributed by atoms with Gasteiger partial charge in [-0.25, -0.2) is 9.89 Å². The highest BCUT2D eigenvalue weighted by atomic mass is 79.9. The average Bonchev–Trinajstić information content (AvgIpc) is 2.68. The third-order valence-corrected chi connectivity index (χ3v) is 3.99. The first-order chi connectivity index (χ1) is 13.1. The van der Waals surface area contributed by atoms with Gasteiger partial charge >= 0.3 is 5.69 Å². The minimum atomic E-state index is -0.552. The van der Waals surface area contributed by atoms with Crippen molar-refractivity contribution in [2.24, 2.45) is 5.10 Å². The summed E-state index contributed by atoms with van der Waals surface area (Å²) in [6.45, 7) is 0.430. The summed E-state index contributed by atoms with van der Waals surface area (Å²) in [4.78, 5) is 14.7. The predicted octanol–water partition coefficient (Wildman–Crippen LogP) is 2.96. The van der Waals surface area contributed by atoms with Crippen molar-refractivity contribution in [3.8, 4) is 11.5 Å². The lowest BCUT2D eigenvalue weighted by Gasteiger charge is -2.11. The van der Waals surface area contributed by atoms with Crippen LogP contribution < -0.4 is 20.6 Å². The molecule has 0 atom stereocenters. The molecule has 0 bridgehead atoms. The molecule has 0 saturated carbocycles. The van der Waals surface area contributed by atoms with Crippen LogP contribution in [0, 0.1) is 0 Å². The highest BCUT2D eigenvalue weighted by molar-refractivity contribution is 9.10. The number of nitrogens with one attached hydrogen (secondary N) is 2. The van der Waals surface area contributed by atoms with E-state index in [0.29, 0.717) is 18.1 Å². The highest BCUT2D eigenvalue weighted by Crippen LogP contribution is 2.28. The van der Waals surface area contributed by atoms with Crippen molar-refractivity contribution in [3.05, 3.63) is 74.7 Å². The normalized spacial score (nSPS) is 10.7. The molecule has 2 aromatic carbocycles. The maximum atomic E-state index is 11.1. The molecule has 9 heteroatoms. The Kier molecular flexibility index (Phi) is 6.16. The fourth-order valence-corrected chi connectivity index (χ4v) is 2.43. The zero-order chi connectivity index (χ0) is 19.1. The van der Waals surface area contributed by atoms with Crippen LogP contribution in [0.3, 0.4) is 0 Å². The predicted molar refractivity (Wildman–Crippen MR) is 105 cm³/mol. The van der Waals surface area contributed by atoms with E-state index in [2.05, 4.69) is 41.6 Å². The molecule has 0 aliphatic heterocycles. The standard InChI is InChI=1S/C18H16BrN5O3/c1-26-16-8-13(9-20-23-17-10-21-24-18(25)22-17)4-7-15(16)27-11-12-2-5-14(19)6-3-12/h2-10H,11H2,1H3,(H2,22,23,24,25)/b20-9+. The second kappa shape index (κ2) is 8.95. The molecule has 27 heavy (non-hydrogen) atoms. The molecule has 0 spiro atoms. The second-order valence-electron chi connectivity index (χ2n) is 5.37. The van der Waals surface area contributed by atoms with Gasteiger partial charge in [0.2, 0.25) is 0 Å². The molecule has 0 aliphatic rings. The SMILES string of the molecule is COc1cc(/C=N/Nc2cn[nH]c(=O)n2)ccc1OCc1ccc(Br)cc1. The Bertz CT molecular complexity index is 989. The van der Waals surface area contributed by atoms with E-state index in [4.69, 9.17) is 9.47 Å². The van der Waals surface area contributed by atoms with Crippen LogP contribution in [0.5, 0.6) is 11.5 Å². The number of hydrazone groups is 1. The van der Waals surface area contributed by atoms with Crippen molar-refractivity contribution < 1.29 is 9.47 Å². The van der Waals surface area contributed by atoms with Gasteiger partial charge in [0.25, 0.3) is 0 Å². The van der Waals surface area contributed by atoms with Crippen LogP contribution >= 0.6 is 15.9 Å². The minimum Gasteiger partial charge on any atom is -0.493 e. The van der Waals surface area contributed by atoms with Crippen molar-refractivity contribution in [1.82, 2.24) is 15.2 Å². The molecule has 0 fully saturated rings. The highest BCUT2D eigenvalue weighted by Gasteiger charge is 2.06. The Morgan fingerprint density at radius 1 is 1.22 bits per heavy atom. The van der Waals surface area contributed by atoms with Gasteiger partial charge in [0, 0.05) is 4.47 Å². The summed E-state index contributed by atoms with van der Waals surface area (Å²) in [6.07, 6.45) is 2.93. The minimum absolute atomic E-state index is 0.247. The number of hydrogen-bond donors (Lipinski definition) is 2. The summed E-state index contributed by atoms with van der Waals surface area (Å²) in [5.41, 5.74) is 3.92. The number of halogens is 1. The van der Waals surface area contributed by atoms with Gasteiger partial charge in [0.05, 0.1) is 19.5 Å². The fourth-order valence-electron chi connectivity index (χ4n) is 2.16. The fraction of sp³-hybridized carbons (Fsp3) is 0.111. The number of anilines is 1. The molecule has 3 aromatic rings. The molecule has 0 saturated heterocycles. The topological polar surface area (TPSA) is 101 Å². The number of benzene rings is 2. The smallest absolute Gasteiger partial charge is 0.363 e. The molecule has 0 radical (unpaired) electrons. The Hall–Kier alpha value is -3.20. The zero-order valence-electron chi connectivity index (χ0n) is 14.3. The lowest BCUT2D eigenvalue weighted by atomic mass is 10.2. The molecular formula is C18H16BrN5O3. The van der Waals surface area contributed by atoms with E-state index >= 15 is 0 Å². The van der Waals surface area contributed by atoms with Crippen LogP contribution in [0.4, 0.5) is 5.82 Å². The van der Waals surface area contributed by atoms with Crippen molar-refractivity contribution in [3.63, 3.8) is 0 Å². The van der Waals surface area contributed by atoms with Gasteiger partial charge < -0.3 is 9.47 Å². The van der Waals surface area contributed by atoms with Crippen LogP contribution in [-0.2, 0) is 6.61 Å². The van der Waals surface area contributed by atoms with E-state index < -0.39 is 5.69 Å². The molecule has 1 aromatic heterocycles. The van der Waals surface area contributed by atoms with E-state index in [-0.39, 0.29) is 5.82 Å². The van der Waals surface area contributed by atoms with Crippen molar-refractivity contribution >= 4 is 28.0 Å². The first-order valence-electron chi connectivity index (χ1n) is 7.90. The summed E-state index contributed by atoms with van der Waals surface area (Å²) in [7, 11) is 1.58. The van der Waals surface area contributed by atoms with Gasteiger partial charge in [-0.3, -0.25) is 5.43 Å². The lowest BCUT2D eigenvalue weighted by molar-refractivity contribution is 0.284. The number of methoxy groups -OCH3 is 1. The van der Waals surface area contributed by atoms with Crippen molar-refractivity contribution in [2.45, 2.75) is 6.61 Å². The number of aromatic nitrogens is 3. The molecule has 8 nitrogen and oxygen atoms in total. The van der Waals surface area contributed by atoms with Gasteiger partial charge in [0.15, 0.2) is 17.3 Å².